The van der Waals surface area contributed by atoms with Crippen molar-refractivity contribution in [2.75, 3.05) is 13.6 Å². The van der Waals surface area contributed by atoms with E-state index in [9.17, 15) is 23.1 Å². The van der Waals surface area contributed by atoms with Gasteiger partial charge in [-0.15, -0.1) is 4.28 Å². The van der Waals surface area contributed by atoms with Crippen LogP contribution in [0, 0.1) is 6.92 Å². The van der Waals surface area contributed by atoms with E-state index in [2.05, 4.69) is 0 Å². The van der Waals surface area contributed by atoms with Crippen molar-refractivity contribution in [3.8, 4) is 0 Å². The molecule has 3 aliphatic heterocycles. The molecule has 3 aliphatic rings. The lowest BCUT2D eigenvalue weighted by atomic mass is 10.00. The Morgan fingerprint density at radius 1 is 1.17 bits per heavy atom. The predicted octanol–water partition coefficient (Wildman–Crippen LogP) is 0.900. The largest absolute Gasteiger partial charge is 0.391 e. The summed E-state index contributed by atoms with van der Waals surface area (Å²) in [4.78, 5) is 28.8. The zero-order valence-corrected chi connectivity index (χ0v) is 17.1. The molecular weight excluding hydrogens is 412 g/mol. The summed E-state index contributed by atoms with van der Waals surface area (Å²) in [6.45, 7) is 1.78. The number of aliphatic hydroxyl groups is 1. The van der Waals surface area contributed by atoms with Crippen LogP contribution in [-0.2, 0) is 14.4 Å². The van der Waals surface area contributed by atoms with Crippen molar-refractivity contribution >= 4 is 22.1 Å². The van der Waals surface area contributed by atoms with Gasteiger partial charge >= 0.3 is 16.1 Å². The van der Waals surface area contributed by atoms with E-state index >= 15 is 0 Å². The van der Waals surface area contributed by atoms with Crippen molar-refractivity contribution in [1.29, 1.82) is 0 Å². The highest BCUT2D eigenvalue weighted by molar-refractivity contribution is 7.86. The van der Waals surface area contributed by atoms with Gasteiger partial charge in [-0.2, -0.15) is 13.5 Å². The number of aromatic nitrogens is 1. The number of amides is 3. The van der Waals surface area contributed by atoms with Crippen molar-refractivity contribution in [1.82, 2.24) is 19.4 Å². The number of aliphatic hydroxyl groups excluding tert-OH is 1. The van der Waals surface area contributed by atoms with Crippen LogP contribution in [0.1, 0.15) is 28.6 Å². The lowest BCUT2D eigenvalue weighted by molar-refractivity contribution is -0.144. The first kappa shape index (κ1) is 19.1. The fourth-order valence-electron chi connectivity index (χ4n) is 4.69. The molecule has 4 heterocycles. The first-order valence-corrected chi connectivity index (χ1v) is 10.8. The molecule has 0 saturated carbocycles. The molecule has 2 saturated heterocycles. The molecule has 0 aliphatic carbocycles. The molecule has 1 N–H and O–H groups in total. The van der Waals surface area contributed by atoms with Crippen LogP contribution in [0.4, 0.5) is 4.79 Å². The standard InChI is InChI=1S/C19H20N4O6S/c1-12-5-7-14(8-6-12)30(27,28)29-23-18(26)20(2)17-19(23)10-13(24)11-22(19)16(25)15-4-3-9-21(15)17/h3-9,13,17,24H,10-11H2,1-2H3/t13-,17+,19+/m1/s1. The molecule has 5 rings (SSSR count). The molecule has 0 radical (unpaired) electrons. The first-order chi connectivity index (χ1) is 14.2. The molecule has 30 heavy (non-hydrogen) atoms. The van der Waals surface area contributed by atoms with Gasteiger partial charge in [-0.25, -0.2) is 4.79 Å². The summed E-state index contributed by atoms with van der Waals surface area (Å²) < 4.78 is 32.9. The molecule has 2 aromatic rings. The number of benzene rings is 1. The number of urea groups is 1. The van der Waals surface area contributed by atoms with Crippen molar-refractivity contribution in [2.45, 2.75) is 36.2 Å². The maximum atomic E-state index is 13.1. The van der Waals surface area contributed by atoms with Crippen molar-refractivity contribution in [2.24, 2.45) is 0 Å². The Bertz CT molecular complexity index is 1160. The third-order valence-corrected chi connectivity index (χ3v) is 7.19. The molecule has 10 nitrogen and oxygen atoms in total. The number of nitrogens with zero attached hydrogens (tertiary/aromatic N) is 4. The summed E-state index contributed by atoms with van der Waals surface area (Å²) in [6.07, 6.45) is -0.0733. The van der Waals surface area contributed by atoms with Crippen LogP contribution in [0.25, 0.3) is 0 Å². The number of carbonyl (C=O) groups excluding carboxylic acids is 2. The van der Waals surface area contributed by atoms with E-state index in [0.29, 0.717) is 5.69 Å². The first-order valence-electron chi connectivity index (χ1n) is 9.42. The Hall–Kier alpha value is -2.89. The number of carbonyl (C=O) groups is 2. The van der Waals surface area contributed by atoms with Crippen LogP contribution in [-0.4, -0.2) is 70.3 Å². The Labute approximate surface area is 172 Å². The quantitative estimate of drug-likeness (QED) is 0.771. The maximum absolute atomic E-state index is 13.1. The molecule has 0 unspecified atom stereocenters. The summed E-state index contributed by atoms with van der Waals surface area (Å²) in [6, 6.07) is 8.62. The number of hydrogen-bond acceptors (Lipinski definition) is 6. The van der Waals surface area contributed by atoms with Crippen molar-refractivity contribution in [3.05, 3.63) is 53.9 Å². The summed E-state index contributed by atoms with van der Waals surface area (Å²) >= 11 is 0. The van der Waals surface area contributed by atoms with Gasteiger partial charge in [-0.1, -0.05) is 17.7 Å². The van der Waals surface area contributed by atoms with Gasteiger partial charge < -0.3 is 19.5 Å². The summed E-state index contributed by atoms with van der Waals surface area (Å²) in [5.74, 6) is -0.405. The number of fused-ring (bicyclic) bond motifs is 2. The Kier molecular flexibility index (Phi) is 3.86. The Morgan fingerprint density at radius 3 is 2.57 bits per heavy atom. The minimum Gasteiger partial charge on any atom is -0.391 e. The SMILES string of the molecule is Cc1ccc(S(=O)(=O)ON2C(=O)N(C)[C@H]3n4cccc4C(=O)N4C[C@H](O)C[C@]342)cc1. The molecule has 3 atom stereocenters. The van der Waals surface area contributed by atoms with E-state index in [1.54, 1.807) is 35.0 Å². The Morgan fingerprint density at radius 2 is 1.87 bits per heavy atom. The summed E-state index contributed by atoms with van der Waals surface area (Å²) in [5.41, 5.74) is -0.271. The van der Waals surface area contributed by atoms with Crippen LogP contribution < -0.4 is 0 Å². The molecular formula is C19H20N4O6S. The van der Waals surface area contributed by atoms with Crippen LogP contribution >= 0.6 is 0 Å². The zero-order valence-electron chi connectivity index (χ0n) is 16.3. The third kappa shape index (κ3) is 2.33. The highest BCUT2D eigenvalue weighted by Gasteiger charge is 2.69. The fraction of sp³-hybridized carbons (Fsp3) is 0.368. The predicted molar refractivity (Wildman–Crippen MR) is 102 cm³/mol. The van der Waals surface area contributed by atoms with Gasteiger partial charge in [0, 0.05) is 26.2 Å². The molecule has 0 bridgehead atoms. The van der Waals surface area contributed by atoms with E-state index in [-0.39, 0.29) is 17.9 Å². The van der Waals surface area contributed by atoms with E-state index in [0.717, 1.165) is 10.6 Å². The number of rotatable bonds is 3. The summed E-state index contributed by atoms with van der Waals surface area (Å²) in [5, 5.41) is 11.1. The number of aryl methyl sites for hydroxylation is 1. The second kappa shape index (κ2) is 6.06. The van der Waals surface area contributed by atoms with Gasteiger partial charge in [0.25, 0.3) is 5.91 Å². The van der Waals surface area contributed by atoms with Gasteiger partial charge in [0.2, 0.25) is 0 Å². The Balaban J connectivity index is 1.64. The normalized spacial score (nSPS) is 28.0. The highest BCUT2D eigenvalue weighted by Crippen LogP contribution is 2.52. The van der Waals surface area contributed by atoms with Gasteiger partial charge in [0.1, 0.15) is 5.69 Å². The van der Waals surface area contributed by atoms with E-state index in [4.69, 9.17) is 4.28 Å². The second-order valence-corrected chi connectivity index (χ2v) is 9.38. The van der Waals surface area contributed by atoms with E-state index in [1.165, 1.54) is 29.0 Å². The molecule has 1 aromatic carbocycles. The number of hydrogen-bond donors (Lipinski definition) is 1. The zero-order chi connectivity index (χ0) is 21.4. The number of likely N-dealkylation sites (N-methyl/N-ethyl adjacent to an activating group) is 1. The van der Waals surface area contributed by atoms with Gasteiger partial charge in [-0.3, -0.25) is 4.79 Å². The van der Waals surface area contributed by atoms with Gasteiger partial charge in [0.05, 0.1) is 11.0 Å². The molecule has 3 amide bonds. The summed E-state index contributed by atoms with van der Waals surface area (Å²) in [7, 11) is -2.85. The monoisotopic (exact) mass is 432 g/mol. The van der Waals surface area contributed by atoms with E-state index in [1.807, 2.05) is 6.92 Å². The molecule has 1 aromatic heterocycles. The van der Waals surface area contributed by atoms with Crippen LogP contribution in [0.15, 0.2) is 47.5 Å². The lowest BCUT2D eigenvalue weighted by Crippen LogP contribution is -2.63. The average Bonchev–Trinajstić information content (AvgIpc) is 3.35. The molecule has 11 heteroatoms. The van der Waals surface area contributed by atoms with Gasteiger partial charge in [-0.05, 0) is 31.2 Å². The maximum Gasteiger partial charge on any atom is 0.349 e. The molecule has 2 fully saturated rings. The van der Waals surface area contributed by atoms with Gasteiger partial charge in [0.15, 0.2) is 11.8 Å². The van der Waals surface area contributed by atoms with Crippen molar-refractivity contribution < 1.29 is 27.4 Å². The number of hydroxylamine groups is 2. The smallest absolute Gasteiger partial charge is 0.349 e. The van der Waals surface area contributed by atoms with Crippen LogP contribution in [0.5, 0.6) is 0 Å². The van der Waals surface area contributed by atoms with E-state index < -0.39 is 40.0 Å². The minimum absolute atomic E-state index is 0.0356. The van der Waals surface area contributed by atoms with Crippen LogP contribution in [0.2, 0.25) is 0 Å². The molecule has 1 spiro atoms. The lowest BCUT2D eigenvalue weighted by Gasteiger charge is -2.46. The molecule has 158 valence electrons. The van der Waals surface area contributed by atoms with Crippen molar-refractivity contribution in [3.63, 3.8) is 0 Å². The average molecular weight is 432 g/mol. The minimum atomic E-state index is -4.36. The fourth-order valence-corrected chi connectivity index (χ4v) is 5.64. The third-order valence-electron chi connectivity index (χ3n) is 5.99. The second-order valence-electron chi connectivity index (χ2n) is 7.86. The topological polar surface area (TPSA) is 112 Å². The van der Waals surface area contributed by atoms with Crippen LogP contribution in [0.3, 0.4) is 0 Å². The highest BCUT2D eigenvalue weighted by atomic mass is 32.2.